The quantitative estimate of drug-likeness (QED) is 0.647. The second kappa shape index (κ2) is 7.33. The van der Waals surface area contributed by atoms with Gasteiger partial charge in [0.05, 0.1) is 0 Å². The average molecular weight is 426 g/mol. The molecular formula is C21H22N4O4S. The van der Waals surface area contributed by atoms with E-state index in [4.69, 9.17) is 10.3 Å². The summed E-state index contributed by atoms with van der Waals surface area (Å²) in [6.45, 7) is 4.43. The van der Waals surface area contributed by atoms with Crippen LogP contribution in [0, 0.1) is 0 Å². The molecule has 3 heterocycles. The molecule has 0 saturated carbocycles. The number of hydrogen-bond donors (Lipinski definition) is 2. The third-order valence-electron chi connectivity index (χ3n) is 5.24. The van der Waals surface area contributed by atoms with Gasteiger partial charge < -0.3 is 20.3 Å². The van der Waals surface area contributed by atoms with Crippen molar-refractivity contribution in [3.05, 3.63) is 46.7 Å². The number of aromatic nitrogens is 2. The van der Waals surface area contributed by atoms with Crippen molar-refractivity contribution in [2.24, 2.45) is 5.73 Å². The van der Waals surface area contributed by atoms with Crippen LogP contribution in [0.15, 0.2) is 34.9 Å². The highest BCUT2D eigenvalue weighted by Crippen LogP contribution is 2.37. The summed E-state index contributed by atoms with van der Waals surface area (Å²) in [5, 5.41) is 15.5. The van der Waals surface area contributed by atoms with Gasteiger partial charge >= 0.3 is 0 Å². The zero-order valence-electron chi connectivity index (χ0n) is 16.9. The van der Waals surface area contributed by atoms with Crippen LogP contribution in [-0.4, -0.2) is 45.6 Å². The lowest BCUT2D eigenvalue weighted by molar-refractivity contribution is -0.144. The molecule has 1 unspecified atom stereocenters. The van der Waals surface area contributed by atoms with Crippen molar-refractivity contribution in [3.8, 4) is 21.8 Å². The lowest BCUT2D eigenvalue weighted by Gasteiger charge is -2.16. The molecule has 0 spiro atoms. The van der Waals surface area contributed by atoms with E-state index in [1.165, 1.54) is 16.2 Å². The lowest BCUT2D eigenvalue weighted by Crippen LogP contribution is -2.35. The van der Waals surface area contributed by atoms with Gasteiger partial charge in [0, 0.05) is 42.1 Å². The number of benzene rings is 1. The van der Waals surface area contributed by atoms with Gasteiger partial charge in [-0.2, -0.15) is 0 Å². The Hall–Kier alpha value is -3.04. The molecule has 1 aliphatic heterocycles. The van der Waals surface area contributed by atoms with Crippen LogP contribution in [0.25, 0.3) is 21.8 Å². The summed E-state index contributed by atoms with van der Waals surface area (Å²) in [7, 11) is 1.64. The average Bonchev–Trinajstić information content (AvgIpc) is 3.44. The summed E-state index contributed by atoms with van der Waals surface area (Å²) in [6, 6.07) is 9.06. The molecule has 0 bridgehead atoms. The number of hydrogen-bond acceptors (Lipinski definition) is 7. The molecule has 1 aromatic carbocycles. The van der Waals surface area contributed by atoms with Crippen molar-refractivity contribution in [1.29, 1.82) is 0 Å². The van der Waals surface area contributed by atoms with E-state index in [0.29, 0.717) is 22.9 Å². The molecule has 30 heavy (non-hydrogen) atoms. The van der Waals surface area contributed by atoms with Gasteiger partial charge in [0.2, 0.25) is 5.60 Å². The van der Waals surface area contributed by atoms with E-state index in [1.807, 2.05) is 38.1 Å². The predicted molar refractivity (Wildman–Crippen MR) is 112 cm³/mol. The molecule has 1 aliphatic rings. The molecule has 1 saturated heterocycles. The van der Waals surface area contributed by atoms with Crippen molar-refractivity contribution in [1.82, 2.24) is 15.0 Å². The molecular weight excluding hydrogens is 404 g/mol. The summed E-state index contributed by atoms with van der Waals surface area (Å²) < 4.78 is 5.33. The fraction of sp³-hybridized carbons (Fsp3) is 0.333. The summed E-state index contributed by atoms with van der Waals surface area (Å²) >= 11 is 1.43. The Morgan fingerprint density at radius 3 is 2.67 bits per heavy atom. The Labute approximate surface area is 177 Å². The molecule has 1 fully saturated rings. The first-order valence-corrected chi connectivity index (χ1v) is 10.4. The van der Waals surface area contributed by atoms with Gasteiger partial charge in [-0.3, -0.25) is 9.59 Å². The lowest BCUT2D eigenvalue weighted by atomic mass is 9.98. The number of amides is 2. The van der Waals surface area contributed by atoms with Crippen molar-refractivity contribution >= 4 is 23.2 Å². The number of aliphatic hydroxyl groups is 1. The molecule has 1 atom stereocenters. The molecule has 9 heteroatoms. The molecule has 0 radical (unpaired) electrons. The first-order chi connectivity index (χ1) is 14.2. The first kappa shape index (κ1) is 20.2. The third-order valence-corrected chi connectivity index (χ3v) is 6.65. The smallest absolute Gasteiger partial charge is 0.268 e. The van der Waals surface area contributed by atoms with E-state index in [1.54, 1.807) is 13.1 Å². The highest BCUT2D eigenvalue weighted by Gasteiger charge is 2.48. The number of thiazole rings is 1. The van der Waals surface area contributed by atoms with E-state index >= 15 is 0 Å². The maximum Gasteiger partial charge on any atom is 0.268 e. The van der Waals surface area contributed by atoms with Crippen molar-refractivity contribution in [2.45, 2.75) is 31.8 Å². The van der Waals surface area contributed by atoms with Crippen LogP contribution < -0.4 is 5.73 Å². The zero-order valence-corrected chi connectivity index (χ0v) is 17.7. The van der Waals surface area contributed by atoms with Gasteiger partial charge in [0.15, 0.2) is 5.76 Å². The van der Waals surface area contributed by atoms with E-state index in [-0.39, 0.29) is 18.1 Å². The van der Waals surface area contributed by atoms with Crippen LogP contribution in [0.4, 0.5) is 0 Å². The Bertz CT molecular complexity index is 1140. The largest absolute Gasteiger partial charge is 0.373 e. The summed E-state index contributed by atoms with van der Waals surface area (Å²) in [5.41, 5.74) is 6.15. The predicted octanol–water partition coefficient (Wildman–Crippen LogP) is 2.74. The second-order valence-electron chi connectivity index (χ2n) is 7.75. The summed E-state index contributed by atoms with van der Waals surface area (Å²) in [5.74, 6) is -0.688. The minimum Gasteiger partial charge on any atom is -0.373 e. The third kappa shape index (κ3) is 3.29. The van der Waals surface area contributed by atoms with Crippen LogP contribution in [0.1, 0.15) is 47.3 Å². The molecule has 4 rings (SSSR count). The Morgan fingerprint density at radius 1 is 1.33 bits per heavy atom. The number of likely N-dealkylation sites (tertiary alicyclic amines) is 1. The number of nitrogens with two attached hydrogens (primary N) is 1. The number of carbonyl (C=O) groups excluding carboxylic acids is 2. The van der Waals surface area contributed by atoms with Gasteiger partial charge in [-0.05, 0) is 12.0 Å². The number of likely N-dealkylation sites (N-methyl/N-ethyl adjacent to an activating group) is 1. The van der Waals surface area contributed by atoms with Gasteiger partial charge in [-0.1, -0.05) is 37.2 Å². The molecule has 156 valence electrons. The summed E-state index contributed by atoms with van der Waals surface area (Å²) in [6.07, 6.45) is 0.254. The summed E-state index contributed by atoms with van der Waals surface area (Å²) in [4.78, 5) is 30.8. The SMILES string of the molecule is CC(C)c1sc(-c2cccc(-c3cc(C4(O)CCN(C)C4=O)on3)c2)nc1C(N)=O. The molecule has 3 aromatic rings. The molecule has 8 nitrogen and oxygen atoms in total. The van der Waals surface area contributed by atoms with Crippen molar-refractivity contribution < 1.29 is 19.2 Å². The molecule has 3 N–H and O–H groups in total. The van der Waals surface area contributed by atoms with Gasteiger partial charge in [0.25, 0.3) is 11.8 Å². The van der Waals surface area contributed by atoms with Crippen LogP contribution in [0.3, 0.4) is 0 Å². The van der Waals surface area contributed by atoms with E-state index < -0.39 is 17.4 Å². The fourth-order valence-electron chi connectivity index (χ4n) is 3.52. The van der Waals surface area contributed by atoms with Crippen molar-refractivity contribution in [2.75, 3.05) is 13.6 Å². The molecule has 0 aliphatic carbocycles. The maximum atomic E-state index is 12.3. The Balaban J connectivity index is 1.69. The van der Waals surface area contributed by atoms with E-state index in [9.17, 15) is 14.7 Å². The number of primary amides is 1. The highest BCUT2D eigenvalue weighted by atomic mass is 32.1. The van der Waals surface area contributed by atoms with E-state index in [0.717, 1.165) is 16.0 Å². The maximum absolute atomic E-state index is 12.3. The number of rotatable bonds is 5. The number of nitrogens with zero attached hydrogens (tertiary/aromatic N) is 3. The normalized spacial score (nSPS) is 19.1. The second-order valence-corrected chi connectivity index (χ2v) is 8.78. The highest BCUT2D eigenvalue weighted by molar-refractivity contribution is 7.15. The Kier molecular flexibility index (Phi) is 4.95. The standard InChI is InChI=1S/C21H22N4O4S/c1-11(2)17-16(18(22)26)23-19(30-17)13-6-4-5-12(9-13)14-10-15(29-24-14)21(28)7-8-25(3)20(21)27/h4-6,9-11,28H,7-8H2,1-3H3,(H2,22,26). The van der Waals surface area contributed by atoms with Gasteiger partial charge in [-0.25, -0.2) is 4.98 Å². The topological polar surface area (TPSA) is 123 Å². The van der Waals surface area contributed by atoms with E-state index in [2.05, 4.69) is 10.1 Å². The minimum atomic E-state index is -1.69. The van der Waals surface area contributed by atoms with Crippen LogP contribution in [0.2, 0.25) is 0 Å². The molecule has 2 amide bonds. The van der Waals surface area contributed by atoms with Gasteiger partial charge in [-0.15, -0.1) is 11.3 Å². The Morgan fingerprint density at radius 2 is 2.07 bits per heavy atom. The van der Waals surface area contributed by atoms with Crippen molar-refractivity contribution in [3.63, 3.8) is 0 Å². The monoisotopic (exact) mass is 426 g/mol. The van der Waals surface area contributed by atoms with Crippen LogP contribution >= 0.6 is 11.3 Å². The number of carbonyl (C=O) groups is 2. The van der Waals surface area contributed by atoms with Crippen LogP contribution in [-0.2, 0) is 10.4 Å². The molecule has 2 aromatic heterocycles. The van der Waals surface area contributed by atoms with Gasteiger partial charge in [0.1, 0.15) is 16.4 Å². The minimum absolute atomic E-state index is 0.128. The van der Waals surface area contributed by atoms with Crippen LogP contribution in [0.5, 0.6) is 0 Å². The zero-order chi connectivity index (χ0) is 21.6. The first-order valence-electron chi connectivity index (χ1n) is 9.57. The fourth-order valence-corrected chi connectivity index (χ4v) is 4.59.